The van der Waals surface area contributed by atoms with Crippen LogP contribution >= 0.6 is 0 Å². The second-order valence-electron chi connectivity index (χ2n) is 4.85. The summed E-state index contributed by atoms with van der Waals surface area (Å²) in [6.07, 6.45) is 4.14. The predicted octanol–water partition coefficient (Wildman–Crippen LogP) is 1.63. The number of aryl methyl sites for hydroxylation is 1. The number of piperidine rings is 1. The van der Waals surface area contributed by atoms with Crippen molar-refractivity contribution >= 4 is 5.91 Å². The Kier molecular flexibility index (Phi) is 3.76. The van der Waals surface area contributed by atoms with Gasteiger partial charge in [-0.15, -0.1) is 5.10 Å². The van der Waals surface area contributed by atoms with Crippen molar-refractivity contribution in [2.75, 3.05) is 13.1 Å². The van der Waals surface area contributed by atoms with E-state index < -0.39 is 0 Å². The summed E-state index contributed by atoms with van der Waals surface area (Å²) in [6, 6.07) is 0. The van der Waals surface area contributed by atoms with Crippen molar-refractivity contribution in [1.29, 1.82) is 0 Å². The number of rotatable bonds is 3. The molecule has 5 heteroatoms. The molecule has 5 nitrogen and oxygen atoms in total. The Balaban J connectivity index is 2.02. The summed E-state index contributed by atoms with van der Waals surface area (Å²) in [5.41, 5.74) is 0. The Morgan fingerprint density at radius 2 is 2.41 bits per heavy atom. The van der Waals surface area contributed by atoms with Crippen LogP contribution in [0.2, 0.25) is 0 Å². The normalized spacial score (nSPS) is 20.6. The second kappa shape index (κ2) is 5.29. The number of aromatic amines is 1. The van der Waals surface area contributed by atoms with E-state index in [-0.39, 0.29) is 5.91 Å². The van der Waals surface area contributed by atoms with E-state index in [1.54, 1.807) is 0 Å². The molecular weight excluding hydrogens is 216 g/mol. The van der Waals surface area contributed by atoms with Crippen LogP contribution in [-0.2, 0) is 6.42 Å². The Bertz CT molecular complexity index is 388. The van der Waals surface area contributed by atoms with Crippen molar-refractivity contribution in [2.45, 2.75) is 39.5 Å². The zero-order valence-electron chi connectivity index (χ0n) is 10.6. The van der Waals surface area contributed by atoms with Gasteiger partial charge in [-0.1, -0.05) is 13.8 Å². The number of hydrogen-bond acceptors (Lipinski definition) is 3. The molecule has 0 spiro atoms. The Morgan fingerprint density at radius 1 is 1.59 bits per heavy atom. The lowest BCUT2D eigenvalue weighted by molar-refractivity contribution is 0.0671. The number of carbonyl (C=O) groups is 1. The smallest absolute Gasteiger partial charge is 0.293 e. The number of likely N-dealkylation sites (tertiary alicyclic amines) is 1. The van der Waals surface area contributed by atoms with Crippen LogP contribution < -0.4 is 0 Å². The van der Waals surface area contributed by atoms with Gasteiger partial charge in [0, 0.05) is 19.5 Å². The van der Waals surface area contributed by atoms with E-state index in [0.29, 0.717) is 11.7 Å². The van der Waals surface area contributed by atoms with Crippen LogP contribution in [0.1, 0.15) is 49.6 Å². The minimum Gasteiger partial charge on any atom is -0.336 e. The molecule has 1 fully saturated rings. The van der Waals surface area contributed by atoms with Crippen LogP contribution in [0.15, 0.2) is 0 Å². The molecule has 1 amide bonds. The van der Waals surface area contributed by atoms with Gasteiger partial charge in [-0.3, -0.25) is 9.89 Å². The fourth-order valence-electron chi connectivity index (χ4n) is 2.25. The highest BCUT2D eigenvalue weighted by atomic mass is 16.2. The highest BCUT2D eigenvalue weighted by Gasteiger charge is 2.24. The molecule has 0 radical (unpaired) electrons. The van der Waals surface area contributed by atoms with Gasteiger partial charge in [0.2, 0.25) is 5.82 Å². The van der Waals surface area contributed by atoms with Crippen LogP contribution in [0.25, 0.3) is 0 Å². The average molecular weight is 236 g/mol. The second-order valence-corrected chi connectivity index (χ2v) is 4.85. The molecule has 0 aliphatic carbocycles. The van der Waals surface area contributed by atoms with Gasteiger partial charge in [-0.05, 0) is 25.2 Å². The van der Waals surface area contributed by atoms with E-state index in [2.05, 4.69) is 29.0 Å². The largest absolute Gasteiger partial charge is 0.336 e. The maximum absolute atomic E-state index is 12.1. The Labute approximate surface area is 102 Å². The third kappa shape index (κ3) is 2.84. The number of nitrogens with zero attached hydrogens (tertiary/aromatic N) is 3. The van der Waals surface area contributed by atoms with Gasteiger partial charge in [0.25, 0.3) is 5.91 Å². The average Bonchev–Trinajstić information content (AvgIpc) is 2.77. The van der Waals surface area contributed by atoms with E-state index in [1.165, 1.54) is 6.42 Å². The van der Waals surface area contributed by atoms with Gasteiger partial charge < -0.3 is 4.90 Å². The first-order valence-electron chi connectivity index (χ1n) is 6.41. The first kappa shape index (κ1) is 12.1. The minimum atomic E-state index is -0.0323. The maximum Gasteiger partial charge on any atom is 0.293 e. The van der Waals surface area contributed by atoms with Gasteiger partial charge in [-0.2, -0.15) is 0 Å². The molecule has 1 saturated heterocycles. The summed E-state index contributed by atoms with van der Waals surface area (Å²) in [4.78, 5) is 18.3. The van der Waals surface area contributed by atoms with E-state index in [0.717, 1.165) is 38.2 Å². The fourth-order valence-corrected chi connectivity index (χ4v) is 2.25. The molecule has 1 aromatic rings. The number of amides is 1. The summed E-state index contributed by atoms with van der Waals surface area (Å²) in [5.74, 6) is 1.68. The van der Waals surface area contributed by atoms with E-state index in [4.69, 9.17) is 0 Å². The van der Waals surface area contributed by atoms with Gasteiger partial charge in [0.05, 0.1) is 0 Å². The third-order valence-corrected chi connectivity index (χ3v) is 3.15. The molecule has 1 N–H and O–H groups in total. The van der Waals surface area contributed by atoms with Crippen LogP contribution in [0, 0.1) is 5.92 Å². The number of aromatic nitrogens is 3. The van der Waals surface area contributed by atoms with Gasteiger partial charge in [0.15, 0.2) is 0 Å². The monoisotopic (exact) mass is 236 g/mol. The molecule has 2 rings (SSSR count). The molecule has 0 saturated carbocycles. The van der Waals surface area contributed by atoms with Crippen molar-refractivity contribution in [1.82, 2.24) is 20.1 Å². The molecule has 17 heavy (non-hydrogen) atoms. The molecular formula is C12H20N4O. The Morgan fingerprint density at radius 3 is 3.12 bits per heavy atom. The highest BCUT2D eigenvalue weighted by molar-refractivity contribution is 5.90. The third-order valence-electron chi connectivity index (χ3n) is 3.15. The van der Waals surface area contributed by atoms with Crippen LogP contribution in [0.3, 0.4) is 0 Å². The van der Waals surface area contributed by atoms with Crippen LogP contribution in [-0.4, -0.2) is 39.1 Å². The molecule has 1 aliphatic heterocycles. The number of nitrogens with one attached hydrogen (secondary N) is 1. The van der Waals surface area contributed by atoms with Gasteiger partial charge in [0.1, 0.15) is 5.82 Å². The van der Waals surface area contributed by atoms with Gasteiger partial charge >= 0.3 is 0 Å². The minimum absolute atomic E-state index is 0.0323. The molecule has 1 aromatic heterocycles. The first-order valence-corrected chi connectivity index (χ1v) is 6.41. The van der Waals surface area contributed by atoms with Gasteiger partial charge in [-0.25, -0.2) is 4.98 Å². The topological polar surface area (TPSA) is 61.9 Å². The molecule has 0 bridgehead atoms. The summed E-state index contributed by atoms with van der Waals surface area (Å²) in [6.45, 7) is 5.92. The van der Waals surface area contributed by atoms with Crippen LogP contribution in [0.5, 0.6) is 0 Å². The lowest BCUT2D eigenvalue weighted by atomic mass is 10.0. The summed E-state index contributed by atoms with van der Waals surface area (Å²) >= 11 is 0. The molecule has 94 valence electrons. The zero-order valence-corrected chi connectivity index (χ0v) is 10.6. The predicted molar refractivity (Wildman–Crippen MR) is 64.7 cm³/mol. The summed E-state index contributed by atoms with van der Waals surface area (Å²) in [5, 5.41) is 6.84. The lowest BCUT2D eigenvalue weighted by Gasteiger charge is -2.29. The zero-order chi connectivity index (χ0) is 12.3. The lowest BCUT2D eigenvalue weighted by Crippen LogP contribution is -2.39. The SMILES string of the molecule is CCCc1nc(C(=O)N2CCCC(C)C2)n[nH]1. The molecule has 2 heterocycles. The maximum atomic E-state index is 12.1. The molecule has 0 aromatic carbocycles. The van der Waals surface area contributed by atoms with Crippen molar-refractivity contribution < 1.29 is 4.79 Å². The summed E-state index contributed by atoms with van der Waals surface area (Å²) in [7, 11) is 0. The fraction of sp³-hybridized carbons (Fsp3) is 0.750. The van der Waals surface area contributed by atoms with Crippen LogP contribution in [0.4, 0.5) is 0 Å². The molecule has 1 unspecified atom stereocenters. The number of hydrogen-bond donors (Lipinski definition) is 1. The first-order chi connectivity index (χ1) is 8.20. The van der Waals surface area contributed by atoms with Crippen molar-refractivity contribution in [3.63, 3.8) is 0 Å². The van der Waals surface area contributed by atoms with Crippen molar-refractivity contribution in [3.8, 4) is 0 Å². The van der Waals surface area contributed by atoms with E-state index in [1.807, 2.05) is 4.90 Å². The molecule has 1 atom stereocenters. The van der Waals surface area contributed by atoms with Crippen molar-refractivity contribution in [2.24, 2.45) is 5.92 Å². The quantitative estimate of drug-likeness (QED) is 0.867. The Hall–Kier alpha value is -1.39. The number of carbonyl (C=O) groups excluding carboxylic acids is 1. The van der Waals surface area contributed by atoms with E-state index >= 15 is 0 Å². The van der Waals surface area contributed by atoms with E-state index in [9.17, 15) is 4.79 Å². The highest BCUT2D eigenvalue weighted by Crippen LogP contribution is 2.16. The molecule has 1 aliphatic rings. The number of H-pyrrole nitrogens is 1. The van der Waals surface area contributed by atoms with Crippen molar-refractivity contribution in [3.05, 3.63) is 11.6 Å². The standard InChI is InChI=1S/C12H20N4O/c1-3-5-10-13-11(15-14-10)12(17)16-7-4-6-9(2)8-16/h9H,3-8H2,1-2H3,(H,13,14,15). The summed E-state index contributed by atoms with van der Waals surface area (Å²) < 4.78 is 0.